The van der Waals surface area contributed by atoms with Crippen molar-refractivity contribution in [2.45, 2.75) is 84.4 Å². The summed E-state index contributed by atoms with van der Waals surface area (Å²) in [5, 5.41) is 0.302. The van der Waals surface area contributed by atoms with E-state index in [-0.39, 0.29) is 0 Å². The van der Waals surface area contributed by atoms with Crippen molar-refractivity contribution < 1.29 is 9.22 Å². The highest BCUT2D eigenvalue weighted by atomic mass is 28.4. The maximum atomic E-state index is 11.8. The van der Waals surface area contributed by atoms with Crippen LogP contribution in [0.1, 0.15) is 66.2 Å². The van der Waals surface area contributed by atoms with Gasteiger partial charge < -0.3 is 4.43 Å². The molecule has 1 spiro atoms. The Kier molecular flexibility index (Phi) is 4.76. The lowest BCUT2D eigenvalue weighted by Gasteiger charge is -2.36. The number of hydrogen-bond acceptors (Lipinski definition) is 2. The molecule has 2 aliphatic carbocycles. The molecule has 0 aromatic rings. The normalized spacial score (nSPS) is 34.1. The predicted molar refractivity (Wildman–Crippen MR) is 90.9 cm³/mol. The van der Waals surface area contributed by atoms with Gasteiger partial charge in [-0.05, 0) is 61.1 Å². The molecule has 0 radical (unpaired) electrons. The summed E-state index contributed by atoms with van der Waals surface area (Å²) in [6.07, 6.45) is 6.71. The highest BCUT2D eigenvalue weighted by molar-refractivity contribution is 6.74. The van der Waals surface area contributed by atoms with Crippen molar-refractivity contribution in [1.29, 1.82) is 0 Å². The van der Waals surface area contributed by atoms with Crippen molar-refractivity contribution in [3.63, 3.8) is 0 Å². The van der Waals surface area contributed by atoms with Crippen LogP contribution in [-0.4, -0.2) is 20.7 Å². The van der Waals surface area contributed by atoms with E-state index in [1.165, 1.54) is 25.7 Å². The minimum absolute atomic E-state index is 0.302. The zero-order chi connectivity index (χ0) is 15.9. The van der Waals surface area contributed by atoms with Gasteiger partial charge >= 0.3 is 0 Å². The van der Waals surface area contributed by atoms with E-state index in [1.54, 1.807) is 0 Å². The molecule has 0 aliphatic heterocycles. The Balaban J connectivity index is 1.81. The van der Waals surface area contributed by atoms with Gasteiger partial charge in [0.15, 0.2) is 8.32 Å². The number of hydrogen-bond donors (Lipinski definition) is 0. The Morgan fingerprint density at radius 2 is 2.00 bits per heavy atom. The fourth-order valence-corrected chi connectivity index (χ4v) is 5.08. The molecule has 0 unspecified atom stereocenters. The van der Waals surface area contributed by atoms with Crippen molar-refractivity contribution in [1.82, 2.24) is 0 Å². The molecule has 3 atom stereocenters. The van der Waals surface area contributed by atoms with Gasteiger partial charge in [0.25, 0.3) is 0 Å². The third-order valence-corrected chi connectivity index (χ3v) is 11.2. The van der Waals surface area contributed by atoms with Crippen molar-refractivity contribution in [2.75, 3.05) is 6.61 Å². The standard InChI is InChI=1S/C18H34O2Si/c1-14-11-16(19)13-18(14)9-7-15(12-18)8-10-20-21(5,6)17(2,3)4/h14-15H,7-13H2,1-6H3/t14-,15-,18+/m0/s1. The molecule has 2 rings (SSSR count). The van der Waals surface area contributed by atoms with Crippen molar-refractivity contribution >= 4 is 14.1 Å². The molecule has 0 amide bonds. The van der Waals surface area contributed by atoms with E-state index in [1.807, 2.05) is 0 Å². The minimum atomic E-state index is -1.60. The molecule has 21 heavy (non-hydrogen) atoms. The molecule has 2 saturated carbocycles. The maximum absolute atomic E-state index is 11.8. The zero-order valence-corrected chi connectivity index (χ0v) is 15.9. The van der Waals surface area contributed by atoms with Crippen LogP contribution in [0.2, 0.25) is 18.1 Å². The zero-order valence-electron chi connectivity index (χ0n) is 14.9. The largest absolute Gasteiger partial charge is 0.417 e. The Labute approximate surface area is 132 Å². The van der Waals surface area contributed by atoms with Gasteiger partial charge in [0.05, 0.1) is 0 Å². The molecule has 0 saturated heterocycles. The van der Waals surface area contributed by atoms with Crippen LogP contribution >= 0.6 is 0 Å². The maximum Gasteiger partial charge on any atom is 0.191 e. The van der Waals surface area contributed by atoms with Crippen LogP contribution in [0.4, 0.5) is 0 Å². The Bertz CT molecular complexity index is 397. The molecule has 122 valence electrons. The molecule has 2 fully saturated rings. The highest BCUT2D eigenvalue weighted by Crippen LogP contribution is 2.55. The second kappa shape index (κ2) is 5.81. The average Bonchev–Trinajstić information content (AvgIpc) is 2.83. The van der Waals surface area contributed by atoms with E-state index in [4.69, 9.17) is 4.43 Å². The molecular weight excluding hydrogens is 276 g/mol. The molecule has 0 aromatic carbocycles. The van der Waals surface area contributed by atoms with Gasteiger partial charge in [-0.3, -0.25) is 4.79 Å². The van der Waals surface area contributed by atoms with E-state index in [2.05, 4.69) is 40.8 Å². The van der Waals surface area contributed by atoms with Crippen LogP contribution in [0.5, 0.6) is 0 Å². The quantitative estimate of drug-likeness (QED) is 0.668. The molecule has 2 nitrogen and oxygen atoms in total. The summed E-state index contributed by atoms with van der Waals surface area (Å²) < 4.78 is 6.33. The van der Waals surface area contributed by atoms with Crippen LogP contribution in [0, 0.1) is 17.3 Å². The molecular formula is C18H34O2Si. The molecule has 0 bridgehead atoms. The van der Waals surface area contributed by atoms with Crippen LogP contribution in [0.25, 0.3) is 0 Å². The van der Waals surface area contributed by atoms with Gasteiger partial charge in [-0.1, -0.05) is 27.7 Å². The molecule has 0 aromatic heterocycles. The van der Waals surface area contributed by atoms with E-state index in [0.29, 0.717) is 22.2 Å². The van der Waals surface area contributed by atoms with Crippen molar-refractivity contribution in [2.24, 2.45) is 17.3 Å². The smallest absolute Gasteiger partial charge is 0.191 e. The summed E-state index contributed by atoms with van der Waals surface area (Å²) in [6.45, 7) is 14.8. The lowest BCUT2D eigenvalue weighted by atomic mass is 9.76. The van der Waals surface area contributed by atoms with Gasteiger partial charge in [0.2, 0.25) is 0 Å². The fraction of sp³-hybridized carbons (Fsp3) is 0.944. The molecule has 3 heteroatoms. The van der Waals surface area contributed by atoms with Gasteiger partial charge in [0.1, 0.15) is 5.78 Å². The molecule has 0 heterocycles. The van der Waals surface area contributed by atoms with Crippen LogP contribution in [0.3, 0.4) is 0 Å². The Morgan fingerprint density at radius 3 is 2.52 bits per heavy atom. The highest BCUT2D eigenvalue weighted by Gasteiger charge is 2.48. The summed E-state index contributed by atoms with van der Waals surface area (Å²) in [5.41, 5.74) is 0.360. The van der Waals surface area contributed by atoms with Gasteiger partial charge in [-0.25, -0.2) is 0 Å². The Hall–Kier alpha value is -0.153. The number of rotatable bonds is 4. The number of carbonyl (C=O) groups is 1. The van der Waals surface area contributed by atoms with Crippen LogP contribution in [0.15, 0.2) is 0 Å². The third-order valence-electron chi connectivity index (χ3n) is 6.67. The van der Waals surface area contributed by atoms with E-state index < -0.39 is 8.32 Å². The number of Topliss-reactive ketones (excluding diaryl/α,β-unsaturated/α-hetero) is 1. The van der Waals surface area contributed by atoms with Crippen LogP contribution in [-0.2, 0) is 9.22 Å². The second-order valence-corrected chi connectivity index (χ2v) is 14.0. The summed E-state index contributed by atoms with van der Waals surface area (Å²) in [7, 11) is -1.60. The topological polar surface area (TPSA) is 26.3 Å². The summed E-state index contributed by atoms with van der Waals surface area (Å²) in [4.78, 5) is 11.8. The molecule has 0 N–H and O–H groups in total. The number of ketones is 1. The van der Waals surface area contributed by atoms with Gasteiger partial charge in [0, 0.05) is 19.4 Å². The Morgan fingerprint density at radius 1 is 1.33 bits per heavy atom. The first-order valence-electron chi connectivity index (χ1n) is 8.71. The predicted octanol–water partition coefficient (Wildman–Crippen LogP) is 5.18. The average molecular weight is 311 g/mol. The lowest BCUT2D eigenvalue weighted by molar-refractivity contribution is -0.118. The minimum Gasteiger partial charge on any atom is -0.417 e. The summed E-state index contributed by atoms with van der Waals surface area (Å²) in [5.74, 6) is 1.89. The second-order valence-electron chi connectivity index (χ2n) is 9.19. The first kappa shape index (κ1) is 17.2. The van der Waals surface area contributed by atoms with Crippen LogP contribution < -0.4 is 0 Å². The molecule has 2 aliphatic rings. The van der Waals surface area contributed by atoms with Gasteiger partial charge in [-0.2, -0.15) is 0 Å². The van der Waals surface area contributed by atoms with Crippen molar-refractivity contribution in [3.8, 4) is 0 Å². The van der Waals surface area contributed by atoms with Gasteiger partial charge in [-0.15, -0.1) is 0 Å². The monoisotopic (exact) mass is 310 g/mol. The summed E-state index contributed by atoms with van der Waals surface area (Å²) in [6, 6.07) is 0. The fourth-order valence-electron chi connectivity index (χ4n) is 4.02. The first-order valence-corrected chi connectivity index (χ1v) is 11.6. The first-order chi connectivity index (χ1) is 9.56. The van der Waals surface area contributed by atoms with E-state index in [9.17, 15) is 4.79 Å². The van der Waals surface area contributed by atoms with E-state index >= 15 is 0 Å². The van der Waals surface area contributed by atoms with E-state index in [0.717, 1.165) is 25.4 Å². The number of carbonyl (C=O) groups excluding carboxylic acids is 1. The summed E-state index contributed by atoms with van der Waals surface area (Å²) >= 11 is 0. The van der Waals surface area contributed by atoms with Crippen molar-refractivity contribution in [3.05, 3.63) is 0 Å². The lowest BCUT2D eigenvalue weighted by Crippen LogP contribution is -2.41. The third kappa shape index (κ3) is 3.61. The SMILES string of the molecule is C[C@H]1CC(=O)C[C@]12CC[C@@H](CCO[Si](C)(C)C(C)(C)C)C2.